The summed E-state index contributed by atoms with van der Waals surface area (Å²) in [4.78, 5) is 25.1. The molecule has 146 valence electrons. The number of para-hydroxylation sites is 1. The predicted molar refractivity (Wildman–Crippen MR) is 111 cm³/mol. The van der Waals surface area contributed by atoms with Crippen molar-refractivity contribution in [3.05, 3.63) is 82.9 Å². The van der Waals surface area contributed by atoms with E-state index in [1.807, 2.05) is 32.0 Å². The Bertz CT molecular complexity index is 1070. The van der Waals surface area contributed by atoms with Crippen LogP contribution in [0.15, 0.2) is 60.7 Å². The van der Waals surface area contributed by atoms with Crippen LogP contribution in [0.5, 0.6) is 11.5 Å². The molecule has 0 radical (unpaired) electrons. The van der Waals surface area contributed by atoms with Gasteiger partial charge < -0.3 is 20.1 Å². The van der Waals surface area contributed by atoms with Crippen LogP contribution in [0, 0.1) is 13.8 Å². The van der Waals surface area contributed by atoms with Crippen LogP contribution in [-0.4, -0.2) is 18.6 Å². The molecule has 4 rings (SSSR count). The van der Waals surface area contributed by atoms with Crippen molar-refractivity contribution in [3.8, 4) is 11.5 Å². The van der Waals surface area contributed by atoms with Gasteiger partial charge in [-0.15, -0.1) is 0 Å². The molecule has 0 saturated carbocycles. The first-order valence-electron chi connectivity index (χ1n) is 9.20. The van der Waals surface area contributed by atoms with Crippen LogP contribution in [-0.2, 0) is 0 Å². The molecule has 0 saturated heterocycles. The second kappa shape index (κ2) is 7.67. The third-order valence-electron chi connectivity index (χ3n) is 4.76. The molecule has 29 heavy (non-hydrogen) atoms. The Morgan fingerprint density at radius 3 is 2.00 bits per heavy atom. The van der Waals surface area contributed by atoms with Crippen LogP contribution in [0.2, 0.25) is 0 Å². The number of nitrogens with one attached hydrogen (secondary N) is 2. The topological polar surface area (TPSA) is 76.7 Å². The summed E-state index contributed by atoms with van der Waals surface area (Å²) in [7, 11) is 0. The van der Waals surface area contributed by atoms with Gasteiger partial charge in [0.1, 0.15) is 0 Å². The molecule has 0 aromatic heterocycles. The Labute approximate surface area is 168 Å². The number of anilines is 2. The molecular formula is C23H20N2O4. The summed E-state index contributed by atoms with van der Waals surface area (Å²) in [6.45, 7) is 4.08. The van der Waals surface area contributed by atoms with Crippen molar-refractivity contribution in [3.63, 3.8) is 0 Å². The second-order valence-electron chi connectivity index (χ2n) is 6.82. The quantitative estimate of drug-likeness (QED) is 0.688. The summed E-state index contributed by atoms with van der Waals surface area (Å²) in [6, 6.07) is 17.6. The van der Waals surface area contributed by atoms with Crippen molar-refractivity contribution in [1.29, 1.82) is 0 Å². The normalized spacial score (nSPS) is 11.8. The number of carbonyl (C=O) groups is 2. The molecule has 0 spiro atoms. The lowest BCUT2D eigenvalue weighted by Gasteiger charge is -2.12. The molecule has 2 N–H and O–H groups in total. The predicted octanol–water partition coefficient (Wildman–Crippen LogP) is 4.54. The number of aryl methyl sites for hydroxylation is 2. The fourth-order valence-corrected chi connectivity index (χ4v) is 3.15. The minimum Gasteiger partial charge on any atom is -0.454 e. The molecular weight excluding hydrogens is 368 g/mol. The van der Waals surface area contributed by atoms with Gasteiger partial charge in [-0.1, -0.05) is 18.2 Å². The van der Waals surface area contributed by atoms with Crippen molar-refractivity contribution in [2.75, 3.05) is 17.4 Å². The average molecular weight is 388 g/mol. The van der Waals surface area contributed by atoms with Crippen molar-refractivity contribution in [2.24, 2.45) is 0 Å². The largest absolute Gasteiger partial charge is 0.454 e. The fraction of sp³-hybridized carbons (Fsp3) is 0.130. The summed E-state index contributed by atoms with van der Waals surface area (Å²) >= 11 is 0. The fourth-order valence-electron chi connectivity index (χ4n) is 3.15. The minimum atomic E-state index is -0.273. The number of fused-ring (bicyclic) bond motifs is 1. The molecule has 0 unspecified atom stereocenters. The molecule has 3 aromatic carbocycles. The molecule has 0 aliphatic carbocycles. The van der Waals surface area contributed by atoms with Crippen LogP contribution in [0.3, 0.4) is 0 Å². The van der Waals surface area contributed by atoms with E-state index >= 15 is 0 Å². The van der Waals surface area contributed by atoms with Crippen LogP contribution in [0.4, 0.5) is 11.4 Å². The number of hydrogen-bond donors (Lipinski definition) is 2. The van der Waals surface area contributed by atoms with Gasteiger partial charge in [0.05, 0.1) is 0 Å². The highest BCUT2D eigenvalue weighted by Gasteiger charge is 2.15. The summed E-state index contributed by atoms with van der Waals surface area (Å²) in [5.41, 5.74) is 4.34. The van der Waals surface area contributed by atoms with Crippen LogP contribution >= 0.6 is 0 Å². The molecule has 0 atom stereocenters. The SMILES string of the molecule is Cc1cccc(C)c1NC(=O)c1ccc(C(=O)Nc2ccc3c(c2)OCO3)cc1. The van der Waals surface area contributed by atoms with Crippen molar-refractivity contribution in [1.82, 2.24) is 0 Å². The maximum atomic E-state index is 12.6. The summed E-state index contributed by atoms with van der Waals surface area (Å²) in [5.74, 6) is 0.763. The van der Waals surface area contributed by atoms with Crippen molar-refractivity contribution < 1.29 is 19.1 Å². The molecule has 1 aliphatic heterocycles. The zero-order valence-electron chi connectivity index (χ0n) is 16.1. The molecule has 3 aromatic rings. The third-order valence-corrected chi connectivity index (χ3v) is 4.76. The zero-order valence-corrected chi connectivity index (χ0v) is 16.1. The third kappa shape index (κ3) is 3.91. The van der Waals surface area contributed by atoms with E-state index in [2.05, 4.69) is 10.6 Å². The lowest BCUT2D eigenvalue weighted by atomic mass is 10.1. The van der Waals surface area contributed by atoms with Gasteiger partial charge in [-0.25, -0.2) is 0 Å². The number of ether oxygens (including phenoxy) is 2. The highest BCUT2D eigenvalue weighted by atomic mass is 16.7. The van der Waals surface area contributed by atoms with Crippen molar-refractivity contribution in [2.45, 2.75) is 13.8 Å². The highest BCUT2D eigenvalue weighted by Crippen LogP contribution is 2.34. The molecule has 0 fully saturated rings. The lowest BCUT2D eigenvalue weighted by Crippen LogP contribution is -2.15. The Morgan fingerprint density at radius 1 is 0.759 bits per heavy atom. The lowest BCUT2D eigenvalue weighted by molar-refractivity contribution is 0.101. The highest BCUT2D eigenvalue weighted by molar-refractivity contribution is 6.07. The van der Waals surface area contributed by atoms with E-state index in [0.717, 1.165) is 16.8 Å². The van der Waals surface area contributed by atoms with E-state index in [9.17, 15) is 9.59 Å². The molecule has 6 heteroatoms. The number of benzene rings is 3. The first-order valence-corrected chi connectivity index (χ1v) is 9.20. The minimum absolute atomic E-state index is 0.179. The smallest absolute Gasteiger partial charge is 0.255 e. The summed E-state index contributed by atoms with van der Waals surface area (Å²) < 4.78 is 10.6. The van der Waals surface area contributed by atoms with Gasteiger partial charge in [-0.05, 0) is 61.4 Å². The van der Waals surface area contributed by atoms with E-state index in [1.54, 1.807) is 42.5 Å². The first-order chi connectivity index (χ1) is 14.0. The summed E-state index contributed by atoms with van der Waals surface area (Å²) in [6.07, 6.45) is 0. The Balaban J connectivity index is 1.44. The van der Waals surface area contributed by atoms with Gasteiger partial charge in [0, 0.05) is 28.6 Å². The average Bonchev–Trinajstić information content (AvgIpc) is 3.18. The van der Waals surface area contributed by atoms with E-state index in [-0.39, 0.29) is 18.6 Å². The number of rotatable bonds is 4. The van der Waals surface area contributed by atoms with Crippen LogP contribution < -0.4 is 20.1 Å². The standard InChI is InChI=1S/C23H20N2O4/c1-14-4-3-5-15(2)21(14)25-23(27)17-8-6-16(7-9-17)22(26)24-18-10-11-19-20(12-18)29-13-28-19/h3-12H,13H2,1-2H3,(H,24,26)(H,25,27). The molecule has 1 heterocycles. The second-order valence-corrected chi connectivity index (χ2v) is 6.82. The van der Waals surface area contributed by atoms with Gasteiger partial charge in [0.25, 0.3) is 11.8 Å². The maximum Gasteiger partial charge on any atom is 0.255 e. The van der Waals surface area contributed by atoms with Gasteiger partial charge in [-0.2, -0.15) is 0 Å². The first kappa shape index (κ1) is 18.6. The van der Waals surface area contributed by atoms with Crippen LogP contribution in [0.25, 0.3) is 0 Å². The molecule has 2 amide bonds. The Kier molecular flexibility index (Phi) is 4.91. The van der Waals surface area contributed by atoms with E-state index in [4.69, 9.17) is 9.47 Å². The van der Waals surface area contributed by atoms with E-state index in [0.29, 0.717) is 28.3 Å². The molecule has 0 bridgehead atoms. The number of carbonyl (C=O) groups excluding carboxylic acids is 2. The van der Waals surface area contributed by atoms with Crippen LogP contribution in [0.1, 0.15) is 31.8 Å². The number of amides is 2. The van der Waals surface area contributed by atoms with E-state index in [1.165, 1.54) is 0 Å². The Morgan fingerprint density at radius 2 is 1.34 bits per heavy atom. The molecule has 6 nitrogen and oxygen atoms in total. The van der Waals surface area contributed by atoms with Gasteiger partial charge in [0.2, 0.25) is 6.79 Å². The van der Waals surface area contributed by atoms with Gasteiger partial charge in [-0.3, -0.25) is 9.59 Å². The van der Waals surface area contributed by atoms with Gasteiger partial charge in [0.15, 0.2) is 11.5 Å². The maximum absolute atomic E-state index is 12.6. The number of hydrogen-bond acceptors (Lipinski definition) is 4. The summed E-state index contributed by atoms with van der Waals surface area (Å²) in [5, 5.41) is 5.76. The zero-order chi connectivity index (χ0) is 20.4. The molecule has 1 aliphatic rings. The van der Waals surface area contributed by atoms with Crippen molar-refractivity contribution >= 4 is 23.2 Å². The monoisotopic (exact) mass is 388 g/mol. The Hall–Kier alpha value is -3.80. The van der Waals surface area contributed by atoms with E-state index < -0.39 is 0 Å². The van der Waals surface area contributed by atoms with Gasteiger partial charge >= 0.3 is 0 Å².